The third-order valence-electron chi connectivity index (χ3n) is 7.44. The first kappa shape index (κ1) is 39.6. The van der Waals surface area contributed by atoms with Crippen molar-refractivity contribution in [3.05, 3.63) is 71.3 Å². The maximum atomic E-state index is 14.6. The maximum absolute atomic E-state index is 14.6. The van der Waals surface area contributed by atoms with E-state index in [1.54, 1.807) is 58.2 Å². The smallest absolute Gasteiger partial charge is 0.408 e. The number of carbonyl (C=O) groups is 4. The van der Waals surface area contributed by atoms with E-state index in [0.717, 1.165) is 17.5 Å². The number of hydrogen-bond donors (Lipinski definition) is 2. The topological polar surface area (TPSA) is 114 Å². The van der Waals surface area contributed by atoms with Crippen LogP contribution in [-0.2, 0) is 36.7 Å². The molecule has 0 saturated carbocycles. The average Bonchev–Trinajstić information content (AvgIpc) is 2.99. The lowest BCUT2D eigenvalue weighted by molar-refractivity contribution is -0.159. The van der Waals surface area contributed by atoms with Gasteiger partial charge in [-0.1, -0.05) is 68.4 Å². The molecule has 0 radical (unpaired) electrons. The molecule has 0 bridgehead atoms. The summed E-state index contributed by atoms with van der Waals surface area (Å²) < 4.78 is 11.2. The van der Waals surface area contributed by atoms with E-state index in [9.17, 15) is 19.2 Å². The molecule has 0 spiro atoms. The summed E-state index contributed by atoms with van der Waals surface area (Å²) in [5.74, 6) is -0.896. The Kier molecular flexibility index (Phi) is 15.3. The van der Waals surface area contributed by atoms with Gasteiger partial charge in [0.05, 0.1) is 0 Å². The van der Waals surface area contributed by atoms with Gasteiger partial charge in [0.2, 0.25) is 11.8 Å². The van der Waals surface area contributed by atoms with Crippen LogP contribution in [0.25, 0.3) is 0 Å². The van der Waals surface area contributed by atoms with Gasteiger partial charge in [0.15, 0.2) is 0 Å². The number of nitrogens with zero attached hydrogens (tertiary/aromatic N) is 1. The van der Waals surface area contributed by atoms with Crippen LogP contribution in [0.1, 0.15) is 97.9 Å². The monoisotopic (exact) mass is 669 g/mol. The summed E-state index contributed by atoms with van der Waals surface area (Å²) in [7, 11) is 0. The van der Waals surface area contributed by atoms with Crippen LogP contribution in [0.5, 0.6) is 0 Å². The fourth-order valence-corrected chi connectivity index (χ4v) is 5.43. The zero-order valence-corrected chi connectivity index (χ0v) is 30.7. The number of nitrogens with one attached hydrogen (secondary N) is 2. The lowest BCUT2D eigenvalue weighted by atomic mass is 9.97. The number of benzene rings is 2. The van der Waals surface area contributed by atoms with Crippen LogP contribution in [0.2, 0.25) is 0 Å². The summed E-state index contributed by atoms with van der Waals surface area (Å²) in [6, 6.07) is 13.5. The van der Waals surface area contributed by atoms with E-state index in [4.69, 9.17) is 9.47 Å². The number of alkyl carbamates (subject to hydrolysis) is 1. The number of rotatable bonds is 15. The van der Waals surface area contributed by atoms with Gasteiger partial charge in [-0.3, -0.25) is 9.59 Å². The Bertz CT molecular complexity index is 1300. The second-order valence-electron chi connectivity index (χ2n) is 13.8. The Morgan fingerprint density at radius 3 is 1.91 bits per heavy atom. The SMILES string of the molecule is CCc1ccc(C(C(=O)NC(Cc2ccccc2)C(=O)OC(C)(C)C)N(C(=O)C(CCSC)NC(=O)OC(C)(C)C)C(C)CC)cc1. The fraction of sp³-hybridized carbons (Fsp3) is 0.568. The molecule has 10 heteroatoms. The van der Waals surface area contributed by atoms with Gasteiger partial charge in [-0.15, -0.1) is 0 Å². The molecular formula is C37H55N3O6S. The lowest BCUT2D eigenvalue weighted by Gasteiger charge is -2.39. The summed E-state index contributed by atoms with van der Waals surface area (Å²) in [5, 5.41) is 5.74. The maximum Gasteiger partial charge on any atom is 0.408 e. The summed E-state index contributed by atoms with van der Waals surface area (Å²) in [6.07, 6.45) is 3.11. The molecule has 2 aromatic rings. The third-order valence-corrected chi connectivity index (χ3v) is 8.08. The summed E-state index contributed by atoms with van der Waals surface area (Å²) in [4.78, 5) is 57.1. The summed E-state index contributed by atoms with van der Waals surface area (Å²) in [6.45, 7) is 16.5. The molecule has 0 saturated heterocycles. The minimum Gasteiger partial charge on any atom is -0.458 e. The Balaban J connectivity index is 2.64. The van der Waals surface area contributed by atoms with Crippen molar-refractivity contribution < 1.29 is 28.7 Å². The van der Waals surface area contributed by atoms with Crippen molar-refractivity contribution in [1.29, 1.82) is 0 Å². The first-order valence-electron chi connectivity index (χ1n) is 16.5. The molecule has 0 fully saturated rings. The highest BCUT2D eigenvalue weighted by molar-refractivity contribution is 7.98. The van der Waals surface area contributed by atoms with Crippen LogP contribution in [0.4, 0.5) is 4.79 Å². The molecule has 2 aromatic carbocycles. The van der Waals surface area contributed by atoms with Gasteiger partial charge in [-0.05, 0) is 96.4 Å². The number of esters is 1. The molecule has 0 heterocycles. The highest BCUT2D eigenvalue weighted by Gasteiger charge is 2.40. The average molecular weight is 670 g/mol. The van der Waals surface area contributed by atoms with E-state index in [1.807, 2.05) is 81.6 Å². The Hall–Kier alpha value is -3.53. The molecule has 260 valence electrons. The second-order valence-corrected chi connectivity index (χ2v) is 14.8. The highest BCUT2D eigenvalue weighted by atomic mass is 32.2. The zero-order valence-electron chi connectivity index (χ0n) is 29.8. The number of carbonyl (C=O) groups excluding carboxylic acids is 4. The van der Waals surface area contributed by atoms with Gasteiger partial charge in [-0.25, -0.2) is 9.59 Å². The first-order chi connectivity index (χ1) is 22.0. The van der Waals surface area contributed by atoms with Gasteiger partial charge in [-0.2, -0.15) is 11.8 Å². The van der Waals surface area contributed by atoms with Gasteiger partial charge < -0.3 is 25.0 Å². The van der Waals surface area contributed by atoms with E-state index in [-0.39, 0.29) is 6.42 Å². The lowest BCUT2D eigenvalue weighted by Crippen LogP contribution is -2.57. The minimum absolute atomic E-state index is 0.205. The van der Waals surface area contributed by atoms with E-state index in [1.165, 1.54) is 0 Å². The molecule has 2 rings (SSSR count). The van der Waals surface area contributed by atoms with E-state index < -0.39 is 59.2 Å². The molecule has 0 aliphatic carbocycles. The van der Waals surface area contributed by atoms with Crippen LogP contribution in [0, 0.1) is 0 Å². The molecule has 3 amide bonds. The fourth-order valence-electron chi connectivity index (χ4n) is 4.96. The van der Waals surface area contributed by atoms with Crippen LogP contribution >= 0.6 is 11.8 Å². The van der Waals surface area contributed by atoms with Crippen molar-refractivity contribution in [2.24, 2.45) is 0 Å². The molecule has 47 heavy (non-hydrogen) atoms. The van der Waals surface area contributed by atoms with Gasteiger partial charge in [0.1, 0.15) is 29.3 Å². The summed E-state index contributed by atoms with van der Waals surface area (Å²) >= 11 is 1.55. The van der Waals surface area contributed by atoms with Crippen LogP contribution in [0.15, 0.2) is 54.6 Å². The Morgan fingerprint density at radius 2 is 1.40 bits per heavy atom. The van der Waals surface area contributed by atoms with Crippen molar-refractivity contribution >= 4 is 35.6 Å². The molecule has 9 nitrogen and oxygen atoms in total. The quantitative estimate of drug-likeness (QED) is 0.205. The van der Waals surface area contributed by atoms with Crippen LogP contribution in [0.3, 0.4) is 0 Å². The van der Waals surface area contributed by atoms with Crippen molar-refractivity contribution in [1.82, 2.24) is 15.5 Å². The van der Waals surface area contributed by atoms with E-state index in [0.29, 0.717) is 24.2 Å². The predicted octanol–water partition coefficient (Wildman–Crippen LogP) is 6.63. The Morgan fingerprint density at radius 1 is 0.809 bits per heavy atom. The first-order valence-corrected chi connectivity index (χ1v) is 17.9. The van der Waals surface area contributed by atoms with Crippen LogP contribution < -0.4 is 10.6 Å². The number of amides is 3. The molecule has 4 unspecified atom stereocenters. The van der Waals surface area contributed by atoms with Crippen molar-refractivity contribution in [3.8, 4) is 0 Å². The number of hydrogen-bond acceptors (Lipinski definition) is 7. The molecule has 0 aliphatic rings. The van der Waals surface area contributed by atoms with Gasteiger partial charge >= 0.3 is 12.1 Å². The number of ether oxygens (including phenoxy) is 2. The minimum atomic E-state index is -1.10. The van der Waals surface area contributed by atoms with Crippen molar-refractivity contribution in [3.63, 3.8) is 0 Å². The summed E-state index contributed by atoms with van der Waals surface area (Å²) in [5.41, 5.74) is 0.988. The molecule has 0 aromatic heterocycles. The van der Waals surface area contributed by atoms with Gasteiger partial charge in [0.25, 0.3) is 0 Å². The molecule has 0 aliphatic heterocycles. The molecule has 4 atom stereocenters. The van der Waals surface area contributed by atoms with Crippen molar-refractivity contribution in [2.45, 2.75) is 123 Å². The highest BCUT2D eigenvalue weighted by Crippen LogP contribution is 2.28. The van der Waals surface area contributed by atoms with Crippen molar-refractivity contribution in [2.75, 3.05) is 12.0 Å². The van der Waals surface area contributed by atoms with E-state index in [2.05, 4.69) is 10.6 Å². The molecule has 2 N–H and O–H groups in total. The standard InChI is InChI=1S/C37H55N3O6S/c1-11-25(3)40(33(42)29(22-23-47-10)39-35(44)46-37(7,8)9)31(28-20-18-26(12-2)19-21-28)32(41)38-30(34(43)45-36(4,5)6)24-27-16-14-13-15-17-27/h13-21,25,29-31H,11-12,22-24H2,1-10H3,(H,38,41)(H,39,44). The van der Waals surface area contributed by atoms with Crippen LogP contribution in [-0.4, -0.2) is 70.1 Å². The largest absolute Gasteiger partial charge is 0.458 e. The second kappa shape index (κ2) is 18.1. The number of aryl methyl sites for hydroxylation is 1. The van der Waals surface area contributed by atoms with E-state index >= 15 is 0 Å². The number of thioether (sulfide) groups is 1. The predicted molar refractivity (Wildman–Crippen MR) is 189 cm³/mol. The molecular weight excluding hydrogens is 614 g/mol. The normalized spacial score (nSPS) is 14.3. The van der Waals surface area contributed by atoms with Gasteiger partial charge in [0, 0.05) is 12.5 Å². The third kappa shape index (κ3) is 13.2. The zero-order chi connectivity index (χ0) is 35.4. The Labute approximate surface area is 285 Å².